The molecule has 10 nitrogen and oxygen atoms in total. The Kier molecular flexibility index (Phi) is 7.52. The van der Waals surface area contributed by atoms with Crippen LogP contribution >= 0.6 is 0 Å². The predicted octanol–water partition coefficient (Wildman–Crippen LogP) is 1.91. The molecule has 2 saturated heterocycles. The van der Waals surface area contributed by atoms with Gasteiger partial charge in [0.25, 0.3) is 5.91 Å². The summed E-state index contributed by atoms with van der Waals surface area (Å²) in [6.07, 6.45) is 3.51. The molecule has 2 aliphatic rings. The van der Waals surface area contributed by atoms with Gasteiger partial charge in [-0.25, -0.2) is 9.67 Å². The van der Waals surface area contributed by atoms with Crippen LogP contribution in [0.5, 0.6) is 0 Å². The Morgan fingerprint density at radius 2 is 1.66 bits per heavy atom. The van der Waals surface area contributed by atoms with Gasteiger partial charge >= 0.3 is 0 Å². The van der Waals surface area contributed by atoms with Gasteiger partial charge in [0, 0.05) is 69.1 Å². The lowest BCUT2D eigenvalue weighted by atomic mass is 10.2. The van der Waals surface area contributed by atoms with Gasteiger partial charge in [-0.1, -0.05) is 0 Å². The Bertz CT molecular complexity index is 1110. The van der Waals surface area contributed by atoms with E-state index in [-0.39, 0.29) is 5.91 Å². The molecule has 10 heteroatoms. The molecule has 35 heavy (non-hydrogen) atoms. The molecule has 3 aromatic rings. The lowest BCUT2D eigenvalue weighted by molar-refractivity contribution is 0.0383. The molecule has 2 N–H and O–H groups in total. The monoisotopic (exact) mass is 477 g/mol. The summed E-state index contributed by atoms with van der Waals surface area (Å²) in [7, 11) is 0. The zero-order chi connectivity index (χ0) is 23.9. The average molecular weight is 478 g/mol. The Hall–Kier alpha value is -3.47. The number of aromatic nitrogens is 3. The third-order valence-electron chi connectivity index (χ3n) is 6.16. The topological polar surface area (TPSA) is 96.8 Å². The molecule has 184 valence electrons. The molecule has 0 atom stereocenters. The quantitative estimate of drug-likeness (QED) is 0.508. The first-order valence-electron chi connectivity index (χ1n) is 12.0. The maximum absolute atomic E-state index is 12.5. The van der Waals surface area contributed by atoms with Gasteiger partial charge in [-0.15, -0.1) is 0 Å². The van der Waals surface area contributed by atoms with E-state index < -0.39 is 0 Å². The van der Waals surface area contributed by atoms with Gasteiger partial charge < -0.3 is 25.0 Å². The summed E-state index contributed by atoms with van der Waals surface area (Å²) in [6.45, 7) is 8.05. The van der Waals surface area contributed by atoms with E-state index in [0.717, 1.165) is 70.5 Å². The van der Waals surface area contributed by atoms with E-state index in [1.807, 2.05) is 24.3 Å². The fourth-order valence-electron chi connectivity index (χ4n) is 4.19. The summed E-state index contributed by atoms with van der Waals surface area (Å²) >= 11 is 0. The van der Waals surface area contributed by atoms with E-state index in [9.17, 15) is 4.79 Å². The molecule has 2 fully saturated rings. The highest BCUT2D eigenvalue weighted by Crippen LogP contribution is 2.22. The Morgan fingerprint density at radius 1 is 0.914 bits per heavy atom. The molecule has 5 rings (SSSR count). The molecule has 0 unspecified atom stereocenters. The highest BCUT2D eigenvalue weighted by atomic mass is 16.5. The molecule has 0 radical (unpaired) electrons. The second kappa shape index (κ2) is 11.3. The van der Waals surface area contributed by atoms with Crippen molar-refractivity contribution < 1.29 is 14.3 Å². The zero-order valence-corrected chi connectivity index (χ0v) is 19.7. The fourth-order valence-corrected chi connectivity index (χ4v) is 4.19. The lowest BCUT2D eigenvalue weighted by Crippen LogP contribution is -2.41. The number of carbonyl (C=O) groups excluding carboxylic acids is 1. The molecule has 0 aliphatic carbocycles. The van der Waals surface area contributed by atoms with Crippen molar-refractivity contribution in [3.8, 4) is 5.69 Å². The average Bonchev–Trinajstić information content (AvgIpc) is 3.41. The molecule has 1 amide bonds. The van der Waals surface area contributed by atoms with Gasteiger partial charge in [0.2, 0.25) is 0 Å². The number of pyridine rings is 1. The van der Waals surface area contributed by atoms with Crippen molar-refractivity contribution in [3.63, 3.8) is 0 Å². The number of anilines is 3. The number of rotatable bonds is 8. The molecule has 0 spiro atoms. The molecule has 4 heterocycles. The number of morpholine rings is 2. The second-order valence-corrected chi connectivity index (χ2v) is 8.53. The number of benzene rings is 1. The molecule has 1 aromatic carbocycles. The Morgan fingerprint density at radius 3 is 2.43 bits per heavy atom. The number of nitrogens with one attached hydrogen (secondary N) is 2. The largest absolute Gasteiger partial charge is 0.379 e. The maximum atomic E-state index is 12.5. The first kappa shape index (κ1) is 23.3. The van der Waals surface area contributed by atoms with Crippen molar-refractivity contribution in [3.05, 3.63) is 60.6 Å². The van der Waals surface area contributed by atoms with Gasteiger partial charge in [0.15, 0.2) is 5.69 Å². The van der Waals surface area contributed by atoms with Crippen LogP contribution in [0.3, 0.4) is 0 Å². The third-order valence-corrected chi connectivity index (χ3v) is 6.16. The van der Waals surface area contributed by atoms with E-state index in [0.29, 0.717) is 18.1 Å². The third kappa shape index (κ3) is 6.16. The minimum absolute atomic E-state index is 0.176. The van der Waals surface area contributed by atoms with Crippen molar-refractivity contribution in [2.75, 3.05) is 75.9 Å². The summed E-state index contributed by atoms with van der Waals surface area (Å²) in [5.41, 5.74) is 3.34. The van der Waals surface area contributed by atoms with Gasteiger partial charge in [0.05, 0.1) is 32.1 Å². The molecule has 2 aliphatic heterocycles. The minimum atomic E-state index is -0.176. The van der Waals surface area contributed by atoms with E-state index in [1.165, 1.54) is 5.69 Å². The highest BCUT2D eigenvalue weighted by Gasteiger charge is 2.14. The van der Waals surface area contributed by atoms with Crippen LogP contribution in [-0.4, -0.2) is 91.3 Å². The van der Waals surface area contributed by atoms with Crippen LogP contribution in [0.2, 0.25) is 0 Å². The maximum Gasteiger partial charge on any atom is 0.271 e. The minimum Gasteiger partial charge on any atom is -0.379 e. The SMILES string of the molecule is O=C(NCCN1CCOCC1)c1ccn(-c2ccnc(Nc3ccc(N4CCOCC4)cc3)c2)n1. The summed E-state index contributed by atoms with van der Waals surface area (Å²) in [6, 6.07) is 13.8. The van der Waals surface area contributed by atoms with Crippen molar-refractivity contribution >= 4 is 23.1 Å². The Balaban J connectivity index is 1.17. The van der Waals surface area contributed by atoms with E-state index in [4.69, 9.17) is 9.47 Å². The number of nitrogens with zero attached hydrogens (tertiary/aromatic N) is 5. The first-order valence-corrected chi connectivity index (χ1v) is 12.0. The van der Waals surface area contributed by atoms with Crippen molar-refractivity contribution in [1.82, 2.24) is 25.0 Å². The number of hydrogen-bond acceptors (Lipinski definition) is 8. The smallest absolute Gasteiger partial charge is 0.271 e. The van der Waals surface area contributed by atoms with Crippen molar-refractivity contribution in [2.24, 2.45) is 0 Å². The molecule has 0 bridgehead atoms. The van der Waals surface area contributed by atoms with Crippen LogP contribution in [0.25, 0.3) is 5.69 Å². The van der Waals surface area contributed by atoms with Gasteiger partial charge in [-0.05, 0) is 36.4 Å². The first-order chi connectivity index (χ1) is 17.2. The summed E-state index contributed by atoms with van der Waals surface area (Å²) in [5.74, 6) is 0.526. The van der Waals surface area contributed by atoms with Gasteiger partial charge in [-0.2, -0.15) is 5.10 Å². The second-order valence-electron chi connectivity index (χ2n) is 8.53. The highest BCUT2D eigenvalue weighted by molar-refractivity contribution is 5.92. The summed E-state index contributed by atoms with van der Waals surface area (Å²) in [4.78, 5) is 21.5. The molecule has 0 saturated carbocycles. The Labute approximate surface area is 204 Å². The van der Waals surface area contributed by atoms with Crippen LogP contribution < -0.4 is 15.5 Å². The van der Waals surface area contributed by atoms with Crippen LogP contribution in [-0.2, 0) is 9.47 Å². The number of carbonyl (C=O) groups is 1. The van der Waals surface area contributed by atoms with Crippen LogP contribution in [0, 0.1) is 0 Å². The zero-order valence-electron chi connectivity index (χ0n) is 19.7. The standard InChI is InChI=1S/C25H31N7O3/c33-25(27-8-10-30-11-15-34-16-12-30)23-6-9-32(29-23)22-5-7-26-24(19-22)28-20-1-3-21(4-2-20)31-13-17-35-18-14-31/h1-7,9,19H,8,10-18H2,(H,26,28)(H,27,33). The number of ether oxygens (including phenoxy) is 2. The molecular weight excluding hydrogens is 446 g/mol. The van der Waals surface area contributed by atoms with Crippen LogP contribution in [0.1, 0.15) is 10.5 Å². The lowest BCUT2D eigenvalue weighted by Gasteiger charge is -2.28. The predicted molar refractivity (Wildman–Crippen MR) is 134 cm³/mol. The van der Waals surface area contributed by atoms with E-state index in [2.05, 4.69) is 42.6 Å². The number of hydrogen-bond donors (Lipinski definition) is 2. The van der Waals surface area contributed by atoms with Crippen molar-refractivity contribution in [1.29, 1.82) is 0 Å². The fraction of sp³-hybridized carbons (Fsp3) is 0.400. The van der Waals surface area contributed by atoms with Crippen LogP contribution in [0.15, 0.2) is 54.9 Å². The number of amides is 1. The summed E-state index contributed by atoms with van der Waals surface area (Å²) in [5, 5.41) is 10.8. The van der Waals surface area contributed by atoms with E-state index >= 15 is 0 Å². The normalized spacial score (nSPS) is 16.7. The van der Waals surface area contributed by atoms with Crippen molar-refractivity contribution in [2.45, 2.75) is 0 Å². The van der Waals surface area contributed by atoms with E-state index in [1.54, 1.807) is 23.1 Å². The summed E-state index contributed by atoms with van der Waals surface area (Å²) < 4.78 is 12.5. The van der Waals surface area contributed by atoms with Crippen LogP contribution in [0.4, 0.5) is 17.2 Å². The van der Waals surface area contributed by atoms with Gasteiger partial charge in [0.1, 0.15) is 5.82 Å². The molecular formula is C25H31N7O3. The molecule has 2 aromatic heterocycles. The van der Waals surface area contributed by atoms with Gasteiger partial charge in [-0.3, -0.25) is 9.69 Å².